The van der Waals surface area contributed by atoms with Crippen molar-refractivity contribution in [1.29, 1.82) is 0 Å². The lowest BCUT2D eigenvalue weighted by molar-refractivity contribution is 0.553. The minimum atomic E-state index is -1.07. The molecular weight excluding hydrogens is 355 g/mol. The molecule has 0 fully saturated rings. The van der Waals surface area contributed by atoms with E-state index in [1.807, 2.05) is 0 Å². The maximum atomic E-state index is 13.9. The Morgan fingerprint density at radius 1 is 1.00 bits per heavy atom. The Bertz CT molecular complexity index is 618. The third-order valence-corrected chi connectivity index (χ3v) is 4.18. The first kappa shape index (κ1) is 15.4. The average molecular weight is 365 g/mol. The van der Waals surface area contributed by atoms with Gasteiger partial charge in [-0.15, -0.1) is 0 Å². The van der Waals surface area contributed by atoms with Gasteiger partial charge in [0.25, 0.3) is 0 Å². The fourth-order valence-electron chi connectivity index (χ4n) is 1.86. The highest BCUT2D eigenvalue weighted by Gasteiger charge is 2.20. The zero-order chi connectivity index (χ0) is 15.0. The van der Waals surface area contributed by atoms with Gasteiger partial charge in [-0.3, -0.25) is 0 Å². The smallest absolute Gasteiger partial charge is 0.131 e. The van der Waals surface area contributed by atoms with Crippen LogP contribution in [0, 0.1) is 24.4 Å². The Hall–Kier alpha value is -1.04. The largest absolute Gasteiger partial charge is 0.320 e. The molecule has 0 aromatic heterocycles. The molecule has 1 unspecified atom stereocenters. The van der Waals surface area contributed by atoms with E-state index in [1.54, 1.807) is 0 Å². The molecule has 0 radical (unpaired) electrons. The first-order chi connectivity index (χ1) is 9.31. The summed E-state index contributed by atoms with van der Waals surface area (Å²) in [5.41, 5.74) is 6.18. The topological polar surface area (TPSA) is 26.0 Å². The standard InChI is InChI=1S/C14H10BrClF3N/c1-6-2-7(13(19)5-11(6)17)14(20)8-3-10(16)9(15)4-12(8)18/h2-5,14H,20H2,1H3. The zero-order valence-electron chi connectivity index (χ0n) is 10.4. The minimum absolute atomic E-state index is 0.0150. The summed E-state index contributed by atoms with van der Waals surface area (Å²) in [4.78, 5) is 0. The summed E-state index contributed by atoms with van der Waals surface area (Å²) in [5, 5.41) is 0.260. The summed E-state index contributed by atoms with van der Waals surface area (Å²) < 4.78 is 41.3. The number of nitrogens with two attached hydrogens (primary N) is 1. The van der Waals surface area contributed by atoms with Gasteiger partial charge >= 0.3 is 0 Å². The van der Waals surface area contributed by atoms with Crippen LogP contribution in [0.25, 0.3) is 0 Å². The van der Waals surface area contributed by atoms with E-state index >= 15 is 0 Å². The van der Waals surface area contributed by atoms with Crippen molar-refractivity contribution < 1.29 is 13.2 Å². The molecule has 6 heteroatoms. The van der Waals surface area contributed by atoms with E-state index in [1.165, 1.54) is 19.1 Å². The molecule has 106 valence electrons. The van der Waals surface area contributed by atoms with E-state index in [9.17, 15) is 13.2 Å². The van der Waals surface area contributed by atoms with Crippen LogP contribution in [0.5, 0.6) is 0 Å². The van der Waals surface area contributed by atoms with Crippen molar-refractivity contribution in [2.75, 3.05) is 0 Å². The van der Waals surface area contributed by atoms with Gasteiger partial charge in [-0.1, -0.05) is 11.6 Å². The molecule has 0 saturated carbocycles. The van der Waals surface area contributed by atoms with E-state index in [0.717, 1.165) is 12.1 Å². The van der Waals surface area contributed by atoms with Crippen LogP contribution in [0.3, 0.4) is 0 Å². The van der Waals surface area contributed by atoms with Gasteiger partial charge in [-0.2, -0.15) is 0 Å². The number of rotatable bonds is 2. The molecule has 0 aliphatic rings. The predicted octanol–water partition coefficient (Wildman–Crippen LogP) is 4.88. The van der Waals surface area contributed by atoms with Gasteiger partial charge in [0, 0.05) is 21.7 Å². The van der Waals surface area contributed by atoms with Crippen molar-refractivity contribution in [3.8, 4) is 0 Å². The molecule has 2 aromatic rings. The van der Waals surface area contributed by atoms with Crippen molar-refractivity contribution in [2.24, 2.45) is 5.73 Å². The van der Waals surface area contributed by atoms with E-state index in [2.05, 4.69) is 15.9 Å². The quantitative estimate of drug-likeness (QED) is 0.756. The van der Waals surface area contributed by atoms with Crippen LogP contribution in [0.1, 0.15) is 22.7 Å². The lowest BCUT2D eigenvalue weighted by Gasteiger charge is -2.16. The van der Waals surface area contributed by atoms with E-state index in [0.29, 0.717) is 4.47 Å². The van der Waals surface area contributed by atoms with Gasteiger partial charge in [-0.05, 0) is 46.6 Å². The summed E-state index contributed by atoms with van der Waals surface area (Å²) in [6.07, 6.45) is 0. The molecule has 0 saturated heterocycles. The third-order valence-electron chi connectivity index (χ3n) is 2.99. The van der Waals surface area contributed by atoms with Gasteiger partial charge in [0.1, 0.15) is 17.5 Å². The summed E-state index contributed by atoms with van der Waals surface area (Å²) in [5.74, 6) is -2.11. The molecule has 20 heavy (non-hydrogen) atoms. The molecule has 0 aliphatic carbocycles. The van der Waals surface area contributed by atoms with E-state index in [-0.39, 0.29) is 21.7 Å². The lowest BCUT2D eigenvalue weighted by Crippen LogP contribution is -2.16. The van der Waals surface area contributed by atoms with Crippen LogP contribution in [0.2, 0.25) is 5.02 Å². The molecule has 0 heterocycles. The highest BCUT2D eigenvalue weighted by atomic mass is 79.9. The first-order valence-corrected chi connectivity index (χ1v) is 6.84. The summed E-state index contributed by atoms with van der Waals surface area (Å²) in [6, 6.07) is 3.42. The van der Waals surface area contributed by atoms with Crippen LogP contribution < -0.4 is 5.73 Å². The summed E-state index contributed by atoms with van der Waals surface area (Å²) >= 11 is 8.98. The zero-order valence-corrected chi connectivity index (χ0v) is 12.7. The maximum absolute atomic E-state index is 13.9. The predicted molar refractivity (Wildman–Crippen MR) is 76.2 cm³/mol. The Balaban J connectivity index is 2.54. The molecule has 2 aromatic carbocycles. The van der Waals surface area contributed by atoms with Gasteiger partial charge < -0.3 is 5.73 Å². The molecule has 0 bridgehead atoms. The molecule has 2 rings (SSSR count). The summed E-state index contributed by atoms with van der Waals surface area (Å²) in [7, 11) is 0. The van der Waals surface area contributed by atoms with Crippen molar-refractivity contribution in [3.05, 3.63) is 67.9 Å². The molecular formula is C14H10BrClF3N. The highest BCUT2D eigenvalue weighted by molar-refractivity contribution is 9.10. The van der Waals surface area contributed by atoms with Gasteiger partial charge in [0.05, 0.1) is 11.1 Å². The average Bonchev–Trinajstić information content (AvgIpc) is 2.37. The SMILES string of the molecule is Cc1cc(C(N)c2cc(Cl)c(Br)cc2F)c(F)cc1F. The Morgan fingerprint density at radius 2 is 1.55 bits per heavy atom. The number of halogens is 5. The van der Waals surface area contributed by atoms with Crippen LogP contribution >= 0.6 is 27.5 Å². The van der Waals surface area contributed by atoms with Crippen LogP contribution in [0.4, 0.5) is 13.2 Å². The van der Waals surface area contributed by atoms with Crippen LogP contribution in [-0.2, 0) is 0 Å². The molecule has 1 atom stereocenters. The van der Waals surface area contributed by atoms with Gasteiger partial charge in [-0.25, -0.2) is 13.2 Å². The monoisotopic (exact) mass is 363 g/mol. The van der Waals surface area contributed by atoms with Gasteiger partial charge in [0.2, 0.25) is 0 Å². The van der Waals surface area contributed by atoms with Crippen LogP contribution in [0.15, 0.2) is 28.7 Å². The lowest BCUT2D eigenvalue weighted by atomic mass is 9.97. The first-order valence-electron chi connectivity index (χ1n) is 5.66. The Labute approximate surface area is 127 Å². The van der Waals surface area contributed by atoms with Crippen LogP contribution in [-0.4, -0.2) is 0 Å². The molecule has 0 aliphatic heterocycles. The molecule has 0 amide bonds. The fourth-order valence-corrected chi connectivity index (χ4v) is 2.35. The van der Waals surface area contributed by atoms with E-state index < -0.39 is 23.5 Å². The fraction of sp³-hybridized carbons (Fsp3) is 0.143. The highest BCUT2D eigenvalue weighted by Crippen LogP contribution is 2.32. The number of benzene rings is 2. The van der Waals surface area contributed by atoms with Crippen molar-refractivity contribution in [3.63, 3.8) is 0 Å². The number of hydrogen-bond acceptors (Lipinski definition) is 1. The van der Waals surface area contributed by atoms with Crippen molar-refractivity contribution >= 4 is 27.5 Å². The minimum Gasteiger partial charge on any atom is -0.320 e. The number of aryl methyl sites for hydroxylation is 1. The molecule has 0 spiro atoms. The Morgan fingerprint density at radius 3 is 2.20 bits per heavy atom. The second-order valence-electron chi connectivity index (χ2n) is 4.39. The second-order valence-corrected chi connectivity index (χ2v) is 5.65. The van der Waals surface area contributed by atoms with Crippen molar-refractivity contribution in [1.82, 2.24) is 0 Å². The number of hydrogen-bond donors (Lipinski definition) is 1. The second kappa shape index (κ2) is 5.76. The van der Waals surface area contributed by atoms with Gasteiger partial charge in [0.15, 0.2) is 0 Å². The van der Waals surface area contributed by atoms with Crippen molar-refractivity contribution in [2.45, 2.75) is 13.0 Å². The maximum Gasteiger partial charge on any atom is 0.131 e. The third kappa shape index (κ3) is 2.85. The molecule has 1 nitrogen and oxygen atoms in total. The van der Waals surface area contributed by atoms with E-state index in [4.69, 9.17) is 17.3 Å². The molecule has 2 N–H and O–H groups in total. The summed E-state index contributed by atoms with van der Waals surface area (Å²) in [6.45, 7) is 1.48. The Kier molecular flexibility index (Phi) is 4.42. The normalized spacial score (nSPS) is 12.6.